The first-order chi connectivity index (χ1) is 7.36. The Morgan fingerprint density at radius 3 is 2.19 bits per heavy atom. The minimum Gasteiger partial charge on any atom is -0.508 e. The standard InChI is InChI=1S/C12H17NO3/c1-8(2)12(3,11(15)16)13-9-4-6-10(14)7-5-9/h4-8,13-14H,1-3H3,(H,15,16)/t12-/m0/s1. The zero-order valence-electron chi connectivity index (χ0n) is 9.69. The molecule has 0 aliphatic rings. The fourth-order valence-electron chi connectivity index (χ4n) is 1.29. The van der Waals surface area contributed by atoms with Crippen LogP contribution in [0.4, 0.5) is 5.69 Å². The summed E-state index contributed by atoms with van der Waals surface area (Å²) in [5.41, 5.74) is -0.340. The molecule has 88 valence electrons. The van der Waals surface area contributed by atoms with Crippen molar-refractivity contribution in [1.29, 1.82) is 0 Å². The quantitative estimate of drug-likeness (QED) is 0.685. The molecule has 0 spiro atoms. The number of phenols is 1. The van der Waals surface area contributed by atoms with Gasteiger partial charge in [0.15, 0.2) is 0 Å². The molecular weight excluding hydrogens is 206 g/mol. The largest absolute Gasteiger partial charge is 0.508 e. The topological polar surface area (TPSA) is 69.6 Å². The SMILES string of the molecule is CC(C)[C@](C)(Nc1ccc(O)cc1)C(=O)O. The molecule has 1 aromatic carbocycles. The number of carboxylic acids is 1. The van der Waals surface area contributed by atoms with Crippen molar-refractivity contribution in [2.75, 3.05) is 5.32 Å². The van der Waals surface area contributed by atoms with Gasteiger partial charge in [0.05, 0.1) is 0 Å². The number of aliphatic carboxylic acids is 1. The Labute approximate surface area is 94.9 Å². The number of phenolic OH excluding ortho intramolecular Hbond substituents is 1. The van der Waals surface area contributed by atoms with Gasteiger partial charge in [0.25, 0.3) is 0 Å². The Morgan fingerprint density at radius 2 is 1.81 bits per heavy atom. The lowest BCUT2D eigenvalue weighted by atomic mass is 9.88. The maximum Gasteiger partial charge on any atom is 0.329 e. The van der Waals surface area contributed by atoms with E-state index in [1.54, 1.807) is 19.1 Å². The van der Waals surface area contributed by atoms with E-state index >= 15 is 0 Å². The molecule has 0 amide bonds. The number of hydrogen-bond donors (Lipinski definition) is 3. The summed E-state index contributed by atoms with van der Waals surface area (Å²) < 4.78 is 0. The summed E-state index contributed by atoms with van der Waals surface area (Å²) in [5.74, 6) is -0.790. The minimum absolute atomic E-state index is 0.0567. The highest BCUT2D eigenvalue weighted by atomic mass is 16.4. The molecule has 0 unspecified atom stereocenters. The van der Waals surface area contributed by atoms with Crippen molar-refractivity contribution in [3.8, 4) is 5.75 Å². The number of nitrogens with one attached hydrogen (secondary N) is 1. The van der Waals surface area contributed by atoms with E-state index in [2.05, 4.69) is 5.32 Å². The van der Waals surface area contributed by atoms with E-state index < -0.39 is 11.5 Å². The number of benzene rings is 1. The lowest BCUT2D eigenvalue weighted by Crippen LogP contribution is -2.48. The first kappa shape index (κ1) is 12.4. The molecule has 3 N–H and O–H groups in total. The molecule has 16 heavy (non-hydrogen) atoms. The van der Waals surface area contributed by atoms with Gasteiger partial charge in [-0.25, -0.2) is 4.79 Å². The van der Waals surface area contributed by atoms with Gasteiger partial charge in [-0.15, -0.1) is 0 Å². The third-order valence-corrected chi connectivity index (χ3v) is 2.87. The van der Waals surface area contributed by atoms with Crippen LogP contribution in [-0.2, 0) is 4.79 Å². The van der Waals surface area contributed by atoms with Crippen molar-refractivity contribution in [1.82, 2.24) is 0 Å². The summed E-state index contributed by atoms with van der Waals surface area (Å²) in [5, 5.41) is 21.3. The van der Waals surface area contributed by atoms with Crippen LogP contribution in [0.15, 0.2) is 24.3 Å². The van der Waals surface area contributed by atoms with E-state index in [1.165, 1.54) is 12.1 Å². The van der Waals surface area contributed by atoms with Gasteiger partial charge in [-0.1, -0.05) is 13.8 Å². The summed E-state index contributed by atoms with van der Waals surface area (Å²) in [6.45, 7) is 5.34. The predicted octanol–water partition coefficient (Wildman–Crippen LogP) is 2.30. The van der Waals surface area contributed by atoms with Gasteiger partial charge in [0.2, 0.25) is 0 Å². The molecule has 0 aliphatic carbocycles. The summed E-state index contributed by atoms with van der Waals surface area (Å²) in [7, 11) is 0. The Hall–Kier alpha value is -1.71. The van der Waals surface area contributed by atoms with E-state index in [4.69, 9.17) is 5.11 Å². The maximum absolute atomic E-state index is 11.2. The second-order valence-electron chi connectivity index (χ2n) is 4.33. The molecule has 0 bridgehead atoms. The van der Waals surface area contributed by atoms with Gasteiger partial charge >= 0.3 is 5.97 Å². The molecule has 0 saturated heterocycles. The van der Waals surface area contributed by atoms with Crippen molar-refractivity contribution in [2.24, 2.45) is 5.92 Å². The average Bonchev–Trinajstić information content (AvgIpc) is 2.20. The Morgan fingerprint density at radius 1 is 1.31 bits per heavy atom. The van der Waals surface area contributed by atoms with E-state index in [9.17, 15) is 9.90 Å². The highest BCUT2D eigenvalue weighted by Crippen LogP contribution is 2.24. The zero-order chi connectivity index (χ0) is 12.3. The molecule has 0 aromatic heterocycles. The normalized spacial score (nSPS) is 14.5. The molecule has 1 atom stereocenters. The monoisotopic (exact) mass is 223 g/mol. The fourth-order valence-corrected chi connectivity index (χ4v) is 1.29. The number of hydrogen-bond acceptors (Lipinski definition) is 3. The molecule has 4 nitrogen and oxygen atoms in total. The van der Waals surface area contributed by atoms with Crippen LogP contribution in [0.3, 0.4) is 0 Å². The number of anilines is 1. The van der Waals surface area contributed by atoms with Gasteiger partial charge in [-0.3, -0.25) is 0 Å². The third-order valence-electron chi connectivity index (χ3n) is 2.87. The van der Waals surface area contributed by atoms with Crippen molar-refractivity contribution in [3.63, 3.8) is 0 Å². The lowest BCUT2D eigenvalue weighted by molar-refractivity contribution is -0.143. The maximum atomic E-state index is 11.2. The summed E-state index contributed by atoms with van der Waals surface area (Å²) >= 11 is 0. The number of carboxylic acid groups (broad SMARTS) is 1. The third kappa shape index (κ3) is 2.45. The van der Waals surface area contributed by atoms with Crippen molar-refractivity contribution in [2.45, 2.75) is 26.3 Å². The van der Waals surface area contributed by atoms with E-state index in [0.717, 1.165) is 0 Å². The second-order valence-corrected chi connectivity index (χ2v) is 4.33. The van der Waals surface area contributed by atoms with Gasteiger partial charge in [-0.05, 0) is 37.1 Å². The molecule has 0 fully saturated rings. The highest BCUT2D eigenvalue weighted by molar-refractivity contribution is 5.82. The Balaban J connectivity index is 2.93. The number of rotatable bonds is 4. The molecule has 1 aromatic rings. The van der Waals surface area contributed by atoms with Crippen molar-refractivity contribution >= 4 is 11.7 Å². The van der Waals surface area contributed by atoms with Crippen molar-refractivity contribution in [3.05, 3.63) is 24.3 Å². The van der Waals surface area contributed by atoms with Crippen LogP contribution in [0.1, 0.15) is 20.8 Å². The van der Waals surface area contributed by atoms with Crippen molar-refractivity contribution < 1.29 is 15.0 Å². The van der Waals surface area contributed by atoms with Gasteiger partial charge in [0, 0.05) is 5.69 Å². The van der Waals surface area contributed by atoms with Crippen LogP contribution in [-0.4, -0.2) is 21.7 Å². The molecule has 4 heteroatoms. The van der Waals surface area contributed by atoms with Crippen LogP contribution in [0.25, 0.3) is 0 Å². The number of carbonyl (C=O) groups is 1. The first-order valence-corrected chi connectivity index (χ1v) is 5.17. The van der Waals surface area contributed by atoms with Crippen LogP contribution in [0.2, 0.25) is 0 Å². The zero-order valence-corrected chi connectivity index (χ0v) is 9.69. The highest BCUT2D eigenvalue weighted by Gasteiger charge is 2.36. The van der Waals surface area contributed by atoms with Crippen LogP contribution >= 0.6 is 0 Å². The van der Waals surface area contributed by atoms with Gasteiger partial charge < -0.3 is 15.5 Å². The molecule has 1 rings (SSSR count). The minimum atomic E-state index is -1.02. The van der Waals surface area contributed by atoms with Gasteiger partial charge in [0.1, 0.15) is 11.3 Å². The first-order valence-electron chi connectivity index (χ1n) is 5.17. The molecule has 0 aliphatic heterocycles. The fraction of sp³-hybridized carbons (Fsp3) is 0.417. The smallest absolute Gasteiger partial charge is 0.329 e. The Kier molecular flexibility index (Phi) is 3.42. The Bertz CT molecular complexity index is 372. The predicted molar refractivity (Wildman–Crippen MR) is 62.6 cm³/mol. The second kappa shape index (κ2) is 4.43. The van der Waals surface area contributed by atoms with Gasteiger partial charge in [-0.2, -0.15) is 0 Å². The van der Waals surface area contributed by atoms with Crippen LogP contribution < -0.4 is 5.32 Å². The van der Waals surface area contributed by atoms with Crippen LogP contribution in [0, 0.1) is 5.92 Å². The molecule has 0 heterocycles. The van der Waals surface area contributed by atoms with Crippen LogP contribution in [0.5, 0.6) is 5.75 Å². The number of aromatic hydroxyl groups is 1. The van der Waals surface area contributed by atoms with E-state index in [-0.39, 0.29) is 11.7 Å². The van der Waals surface area contributed by atoms with E-state index in [0.29, 0.717) is 5.69 Å². The molecule has 0 saturated carbocycles. The summed E-state index contributed by atoms with van der Waals surface area (Å²) in [6, 6.07) is 6.34. The van der Waals surface area contributed by atoms with E-state index in [1.807, 2.05) is 13.8 Å². The average molecular weight is 223 g/mol. The molecular formula is C12H17NO3. The summed E-state index contributed by atoms with van der Waals surface area (Å²) in [6.07, 6.45) is 0. The summed E-state index contributed by atoms with van der Waals surface area (Å²) in [4.78, 5) is 11.2. The molecule has 0 radical (unpaired) electrons. The lowest BCUT2D eigenvalue weighted by Gasteiger charge is -2.31.